The maximum Gasteiger partial charge on any atom is 0.353 e. The minimum absolute atomic E-state index is 0.271. The van der Waals surface area contributed by atoms with Gasteiger partial charge in [-0.15, -0.1) is 11.3 Å². The van der Waals surface area contributed by atoms with Crippen molar-refractivity contribution in [3.05, 3.63) is 85.6 Å². The largest absolute Gasteiger partial charge is 0.422 e. The van der Waals surface area contributed by atoms with E-state index in [0.29, 0.717) is 16.2 Å². The SMILES string of the molecule is O=C(Oc1ccc(/C=N/NC(=O)c2ccccc2I)cc1)c1cccs1. The molecular weight excluding hydrogens is 463 g/mol. The quantitative estimate of drug-likeness (QED) is 0.196. The highest BCUT2D eigenvalue weighted by Crippen LogP contribution is 2.16. The van der Waals surface area contributed by atoms with Crippen LogP contribution < -0.4 is 10.2 Å². The van der Waals surface area contributed by atoms with E-state index in [1.807, 2.05) is 17.5 Å². The molecule has 1 amide bonds. The fraction of sp³-hybridized carbons (Fsp3) is 0. The number of nitrogens with one attached hydrogen (secondary N) is 1. The number of nitrogens with zero attached hydrogens (tertiary/aromatic N) is 1. The zero-order valence-corrected chi connectivity index (χ0v) is 16.4. The number of carbonyl (C=O) groups excluding carboxylic acids is 2. The van der Waals surface area contributed by atoms with Crippen molar-refractivity contribution < 1.29 is 14.3 Å². The summed E-state index contributed by atoms with van der Waals surface area (Å²) in [5.74, 6) is -0.206. The normalized spacial score (nSPS) is 10.7. The maximum atomic E-state index is 12.1. The monoisotopic (exact) mass is 476 g/mol. The number of ether oxygens (including phenoxy) is 1. The molecule has 130 valence electrons. The average molecular weight is 476 g/mol. The number of halogens is 1. The lowest BCUT2D eigenvalue weighted by atomic mass is 10.2. The number of benzene rings is 2. The van der Waals surface area contributed by atoms with E-state index in [9.17, 15) is 9.59 Å². The Morgan fingerprint density at radius 1 is 1.04 bits per heavy atom. The van der Waals surface area contributed by atoms with Crippen LogP contribution in [0.2, 0.25) is 0 Å². The molecule has 0 radical (unpaired) electrons. The highest BCUT2D eigenvalue weighted by atomic mass is 127. The van der Waals surface area contributed by atoms with Crippen molar-refractivity contribution in [1.29, 1.82) is 0 Å². The van der Waals surface area contributed by atoms with Gasteiger partial charge in [0.05, 0.1) is 11.8 Å². The molecule has 26 heavy (non-hydrogen) atoms. The highest BCUT2D eigenvalue weighted by Gasteiger charge is 2.09. The van der Waals surface area contributed by atoms with Gasteiger partial charge in [0.2, 0.25) is 0 Å². The fourth-order valence-corrected chi connectivity index (χ4v) is 3.28. The summed E-state index contributed by atoms with van der Waals surface area (Å²) in [5, 5.41) is 5.78. The van der Waals surface area contributed by atoms with E-state index in [-0.39, 0.29) is 11.9 Å². The number of hydrogen-bond donors (Lipinski definition) is 1. The molecule has 2 aromatic carbocycles. The molecule has 0 spiro atoms. The lowest BCUT2D eigenvalue weighted by Gasteiger charge is -2.03. The van der Waals surface area contributed by atoms with Crippen LogP contribution in [0.1, 0.15) is 25.6 Å². The number of hydrazone groups is 1. The highest BCUT2D eigenvalue weighted by molar-refractivity contribution is 14.1. The molecule has 0 aliphatic carbocycles. The van der Waals surface area contributed by atoms with Crippen LogP contribution in [0.25, 0.3) is 0 Å². The molecule has 0 aliphatic heterocycles. The molecule has 0 unspecified atom stereocenters. The van der Waals surface area contributed by atoms with Crippen molar-refractivity contribution in [3.63, 3.8) is 0 Å². The molecule has 1 N–H and O–H groups in total. The topological polar surface area (TPSA) is 67.8 Å². The molecule has 7 heteroatoms. The van der Waals surface area contributed by atoms with E-state index in [1.165, 1.54) is 17.6 Å². The summed E-state index contributed by atoms with van der Waals surface area (Å²) >= 11 is 3.43. The van der Waals surface area contributed by atoms with Gasteiger partial charge in [-0.25, -0.2) is 10.2 Å². The van der Waals surface area contributed by atoms with E-state index in [4.69, 9.17) is 4.74 Å². The molecule has 0 fully saturated rings. The van der Waals surface area contributed by atoms with E-state index >= 15 is 0 Å². The minimum Gasteiger partial charge on any atom is -0.422 e. The Kier molecular flexibility index (Phi) is 6.13. The van der Waals surface area contributed by atoms with Gasteiger partial charge in [-0.1, -0.05) is 18.2 Å². The van der Waals surface area contributed by atoms with E-state index in [0.717, 1.165) is 9.13 Å². The average Bonchev–Trinajstić information content (AvgIpc) is 3.18. The molecular formula is C19H13IN2O3S. The summed E-state index contributed by atoms with van der Waals surface area (Å²) in [6.45, 7) is 0. The van der Waals surface area contributed by atoms with Gasteiger partial charge in [0.15, 0.2) is 0 Å². The van der Waals surface area contributed by atoms with Gasteiger partial charge in [-0.05, 0) is 76.0 Å². The number of thiophene rings is 1. The lowest BCUT2D eigenvalue weighted by Crippen LogP contribution is -2.18. The van der Waals surface area contributed by atoms with Gasteiger partial charge in [0, 0.05) is 3.57 Å². The van der Waals surface area contributed by atoms with E-state index in [1.54, 1.807) is 48.5 Å². The second-order valence-corrected chi connectivity index (χ2v) is 7.22. The van der Waals surface area contributed by atoms with Gasteiger partial charge in [0.1, 0.15) is 10.6 Å². The first-order chi connectivity index (χ1) is 12.6. The predicted octanol–water partition coefficient (Wildman–Crippen LogP) is 4.34. The molecule has 0 bridgehead atoms. The summed E-state index contributed by atoms with van der Waals surface area (Å²) in [7, 11) is 0. The van der Waals surface area contributed by atoms with Crippen LogP contribution >= 0.6 is 33.9 Å². The Hall–Kier alpha value is -2.52. The molecule has 3 rings (SSSR count). The summed E-state index contributed by atoms with van der Waals surface area (Å²) in [4.78, 5) is 24.5. The second-order valence-electron chi connectivity index (χ2n) is 5.11. The van der Waals surface area contributed by atoms with Gasteiger partial charge >= 0.3 is 5.97 Å². The third-order valence-corrected chi connectivity index (χ3v) is 5.10. The van der Waals surface area contributed by atoms with Gasteiger partial charge in [-0.3, -0.25) is 4.79 Å². The van der Waals surface area contributed by atoms with Crippen molar-refractivity contribution in [2.45, 2.75) is 0 Å². The van der Waals surface area contributed by atoms with Crippen LogP contribution in [-0.4, -0.2) is 18.1 Å². The first-order valence-electron chi connectivity index (χ1n) is 7.57. The second kappa shape index (κ2) is 8.72. The fourth-order valence-electron chi connectivity index (χ4n) is 2.04. The molecule has 0 saturated heterocycles. The van der Waals surface area contributed by atoms with Crippen molar-refractivity contribution in [2.75, 3.05) is 0 Å². The molecule has 0 aliphatic rings. The minimum atomic E-state index is -0.383. The molecule has 1 aromatic heterocycles. The van der Waals surface area contributed by atoms with Crippen LogP contribution in [0.5, 0.6) is 5.75 Å². The molecule has 0 saturated carbocycles. The first-order valence-corrected chi connectivity index (χ1v) is 9.53. The predicted molar refractivity (Wildman–Crippen MR) is 110 cm³/mol. The van der Waals surface area contributed by atoms with Gasteiger partial charge < -0.3 is 4.74 Å². The smallest absolute Gasteiger partial charge is 0.353 e. The maximum absolute atomic E-state index is 12.1. The van der Waals surface area contributed by atoms with Crippen LogP contribution in [0.3, 0.4) is 0 Å². The van der Waals surface area contributed by atoms with Crippen LogP contribution in [0.15, 0.2) is 71.1 Å². The Labute approximate surface area is 167 Å². The first kappa shape index (κ1) is 18.3. The third kappa shape index (κ3) is 4.77. The summed E-state index contributed by atoms with van der Waals surface area (Å²) in [6, 6.07) is 17.6. The van der Waals surface area contributed by atoms with E-state index in [2.05, 4.69) is 33.1 Å². The number of amides is 1. The molecule has 0 atom stereocenters. The Morgan fingerprint density at radius 3 is 2.50 bits per heavy atom. The molecule has 3 aromatic rings. The van der Waals surface area contributed by atoms with Crippen molar-refractivity contribution >= 4 is 52.0 Å². The third-order valence-electron chi connectivity index (χ3n) is 3.31. The van der Waals surface area contributed by atoms with Crippen molar-refractivity contribution in [1.82, 2.24) is 5.43 Å². The molecule has 5 nitrogen and oxygen atoms in total. The van der Waals surface area contributed by atoms with Crippen LogP contribution in [0, 0.1) is 3.57 Å². The number of carbonyl (C=O) groups is 2. The van der Waals surface area contributed by atoms with Crippen LogP contribution in [-0.2, 0) is 0 Å². The Morgan fingerprint density at radius 2 is 1.81 bits per heavy atom. The standard InChI is InChI=1S/C19H13IN2O3S/c20-16-5-2-1-4-15(16)18(23)22-21-12-13-7-9-14(10-8-13)25-19(24)17-6-3-11-26-17/h1-12H,(H,22,23)/b21-12+. The summed E-state index contributed by atoms with van der Waals surface area (Å²) in [5.41, 5.74) is 3.83. The zero-order chi connectivity index (χ0) is 18.4. The number of hydrogen-bond acceptors (Lipinski definition) is 5. The van der Waals surface area contributed by atoms with Crippen molar-refractivity contribution in [2.24, 2.45) is 5.10 Å². The summed E-state index contributed by atoms with van der Waals surface area (Å²) < 4.78 is 6.14. The zero-order valence-electron chi connectivity index (χ0n) is 13.4. The Bertz CT molecular complexity index is 938. The van der Waals surface area contributed by atoms with Crippen LogP contribution in [0.4, 0.5) is 0 Å². The van der Waals surface area contributed by atoms with Gasteiger partial charge in [0.25, 0.3) is 5.91 Å². The Balaban J connectivity index is 1.57. The van der Waals surface area contributed by atoms with E-state index < -0.39 is 0 Å². The van der Waals surface area contributed by atoms with Crippen molar-refractivity contribution in [3.8, 4) is 5.75 Å². The lowest BCUT2D eigenvalue weighted by molar-refractivity contribution is 0.0739. The summed E-state index contributed by atoms with van der Waals surface area (Å²) in [6.07, 6.45) is 1.53. The number of esters is 1. The van der Waals surface area contributed by atoms with Gasteiger partial charge in [-0.2, -0.15) is 5.10 Å². The number of rotatable bonds is 5. The molecule has 1 heterocycles.